The highest BCUT2D eigenvalue weighted by Gasteiger charge is 2.44. The average Bonchev–Trinajstić information content (AvgIpc) is 2.95. The number of carbonyl (C=O) groups excluding carboxylic acids is 1. The van der Waals surface area contributed by atoms with Gasteiger partial charge in [-0.15, -0.1) is 0 Å². The molecule has 0 aliphatic carbocycles. The fourth-order valence-electron chi connectivity index (χ4n) is 3.61. The molecule has 0 saturated carbocycles. The molecule has 1 amide bonds. The number of halogens is 1. The Bertz CT molecular complexity index is 810. The van der Waals surface area contributed by atoms with Gasteiger partial charge in [-0.1, -0.05) is 18.5 Å². The summed E-state index contributed by atoms with van der Waals surface area (Å²) in [4.78, 5) is 14.3. The van der Waals surface area contributed by atoms with Gasteiger partial charge in [0.2, 0.25) is 15.9 Å². The maximum absolute atomic E-state index is 12.5. The maximum atomic E-state index is 12.5. The SMILES string of the molecule is CC1CCN(C(=O)C[C@H]2O[C@H](CNS(=O)(=O)c3ccc(Cl)cc3)[C@@H](O)[C@H]2O)CC1. The summed E-state index contributed by atoms with van der Waals surface area (Å²) < 4.78 is 32.7. The minimum absolute atomic E-state index is 0.0287. The summed E-state index contributed by atoms with van der Waals surface area (Å²) in [6.07, 6.45) is -2.54. The predicted octanol–water partition coefficient (Wildman–Crippen LogP) is 0.756. The van der Waals surface area contributed by atoms with E-state index in [1.165, 1.54) is 24.3 Å². The second-order valence-electron chi connectivity index (χ2n) is 7.77. The van der Waals surface area contributed by atoms with Crippen LogP contribution >= 0.6 is 11.6 Å². The molecule has 29 heavy (non-hydrogen) atoms. The maximum Gasteiger partial charge on any atom is 0.240 e. The Morgan fingerprint density at radius 3 is 2.38 bits per heavy atom. The Balaban J connectivity index is 1.55. The van der Waals surface area contributed by atoms with Gasteiger partial charge in [-0.3, -0.25) is 4.79 Å². The molecule has 2 aliphatic heterocycles. The molecule has 0 spiro atoms. The first-order valence-electron chi connectivity index (χ1n) is 9.72. The summed E-state index contributed by atoms with van der Waals surface area (Å²) in [5.74, 6) is 0.461. The molecule has 3 rings (SSSR count). The number of aliphatic hydroxyl groups is 2. The van der Waals surface area contributed by atoms with E-state index in [9.17, 15) is 23.4 Å². The molecule has 3 N–H and O–H groups in total. The lowest BCUT2D eigenvalue weighted by molar-refractivity contribution is -0.136. The monoisotopic (exact) mass is 446 g/mol. The van der Waals surface area contributed by atoms with E-state index >= 15 is 0 Å². The van der Waals surface area contributed by atoms with Crippen LogP contribution in [0.1, 0.15) is 26.2 Å². The molecule has 0 unspecified atom stereocenters. The van der Waals surface area contributed by atoms with Crippen LogP contribution in [0.15, 0.2) is 29.2 Å². The van der Waals surface area contributed by atoms with E-state index in [4.69, 9.17) is 16.3 Å². The van der Waals surface area contributed by atoms with Gasteiger partial charge >= 0.3 is 0 Å². The number of hydrogen-bond donors (Lipinski definition) is 3. The summed E-state index contributed by atoms with van der Waals surface area (Å²) in [6.45, 7) is 3.28. The Hall–Kier alpha value is -1.23. The first-order valence-corrected chi connectivity index (χ1v) is 11.6. The van der Waals surface area contributed by atoms with Crippen molar-refractivity contribution in [1.29, 1.82) is 0 Å². The molecule has 0 aromatic heterocycles. The fraction of sp³-hybridized carbons (Fsp3) is 0.632. The lowest BCUT2D eigenvalue weighted by Gasteiger charge is -2.31. The van der Waals surface area contributed by atoms with Gasteiger partial charge < -0.3 is 19.8 Å². The van der Waals surface area contributed by atoms with Gasteiger partial charge in [0.1, 0.15) is 18.3 Å². The number of piperidine rings is 1. The third-order valence-electron chi connectivity index (χ3n) is 5.57. The molecular weight excluding hydrogens is 420 g/mol. The summed E-state index contributed by atoms with van der Waals surface area (Å²) in [5, 5.41) is 20.9. The van der Waals surface area contributed by atoms with Crippen molar-refractivity contribution in [2.75, 3.05) is 19.6 Å². The van der Waals surface area contributed by atoms with Crippen LogP contribution in [-0.2, 0) is 19.6 Å². The molecule has 2 aliphatic rings. The molecule has 1 aromatic rings. The van der Waals surface area contributed by atoms with Crippen molar-refractivity contribution in [2.24, 2.45) is 5.92 Å². The molecule has 0 radical (unpaired) electrons. The van der Waals surface area contributed by atoms with Crippen molar-refractivity contribution in [3.05, 3.63) is 29.3 Å². The number of rotatable bonds is 6. The van der Waals surface area contributed by atoms with Crippen LogP contribution in [0.25, 0.3) is 0 Å². The number of nitrogens with one attached hydrogen (secondary N) is 1. The van der Waals surface area contributed by atoms with Crippen molar-refractivity contribution < 1.29 is 28.2 Å². The number of carbonyl (C=O) groups is 1. The number of amides is 1. The largest absolute Gasteiger partial charge is 0.388 e. The normalized spacial score (nSPS) is 28.6. The van der Waals surface area contributed by atoms with Crippen LogP contribution in [0, 0.1) is 5.92 Å². The number of sulfonamides is 1. The van der Waals surface area contributed by atoms with E-state index in [0.717, 1.165) is 12.8 Å². The Morgan fingerprint density at radius 2 is 1.76 bits per heavy atom. The number of nitrogens with zero attached hydrogens (tertiary/aromatic N) is 1. The Morgan fingerprint density at radius 1 is 1.17 bits per heavy atom. The predicted molar refractivity (Wildman–Crippen MR) is 107 cm³/mol. The van der Waals surface area contributed by atoms with Crippen LogP contribution < -0.4 is 4.72 Å². The van der Waals surface area contributed by atoms with Crippen LogP contribution in [0.5, 0.6) is 0 Å². The smallest absolute Gasteiger partial charge is 0.240 e. The van der Waals surface area contributed by atoms with Crippen molar-refractivity contribution in [3.63, 3.8) is 0 Å². The topological polar surface area (TPSA) is 116 Å². The van der Waals surface area contributed by atoms with Gasteiger partial charge in [0.05, 0.1) is 17.4 Å². The molecule has 2 fully saturated rings. The highest BCUT2D eigenvalue weighted by Crippen LogP contribution is 2.26. The highest BCUT2D eigenvalue weighted by molar-refractivity contribution is 7.89. The second-order valence-corrected chi connectivity index (χ2v) is 9.97. The first-order chi connectivity index (χ1) is 13.7. The zero-order valence-electron chi connectivity index (χ0n) is 16.2. The number of ether oxygens (including phenoxy) is 1. The van der Waals surface area contributed by atoms with Gasteiger partial charge in [0, 0.05) is 24.7 Å². The molecule has 2 saturated heterocycles. The van der Waals surface area contributed by atoms with Gasteiger partial charge in [0.25, 0.3) is 0 Å². The van der Waals surface area contributed by atoms with E-state index in [1.807, 2.05) is 0 Å². The molecule has 4 atom stereocenters. The quantitative estimate of drug-likeness (QED) is 0.594. The van der Waals surface area contributed by atoms with Crippen LogP contribution in [0.2, 0.25) is 5.02 Å². The number of likely N-dealkylation sites (tertiary alicyclic amines) is 1. The van der Waals surface area contributed by atoms with Gasteiger partial charge in [-0.05, 0) is 43.0 Å². The van der Waals surface area contributed by atoms with Crippen LogP contribution in [0.3, 0.4) is 0 Å². The Kier molecular flexibility index (Phi) is 7.19. The molecule has 0 bridgehead atoms. The van der Waals surface area contributed by atoms with Crippen molar-refractivity contribution in [2.45, 2.75) is 55.5 Å². The molecular formula is C19H27ClN2O6S. The zero-order valence-corrected chi connectivity index (χ0v) is 17.8. The van der Waals surface area contributed by atoms with Crippen molar-refractivity contribution in [3.8, 4) is 0 Å². The summed E-state index contributed by atoms with van der Waals surface area (Å²) in [5.41, 5.74) is 0. The summed E-state index contributed by atoms with van der Waals surface area (Å²) >= 11 is 5.77. The van der Waals surface area contributed by atoms with E-state index in [-0.39, 0.29) is 23.8 Å². The first kappa shape index (κ1) is 22.5. The lowest BCUT2D eigenvalue weighted by atomic mass is 9.98. The molecule has 8 nitrogen and oxygen atoms in total. The minimum Gasteiger partial charge on any atom is -0.388 e. The number of aliphatic hydroxyl groups excluding tert-OH is 2. The second kappa shape index (κ2) is 9.28. The number of benzene rings is 1. The lowest BCUT2D eigenvalue weighted by Crippen LogP contribution is -2.41. The Labute approximate surface area is 175 Å². The summed E-state index contributed by atoms with van der Waals surface area (Å²) in [6, 6.07) is 5.66. The van der Waals surface area contributed by atoms with Gasteiger partial charge in [-0.25, -0.2) is 13.1 Å². The van der Waals surface area contributed by atoms with E-state index in [2.05, 4.69) is 11.6 Å². The number of hydrogen-bond acceptors (Lipinski definition) is 6. The van der Waals surface area contributed by atoms with E-state index in [0.29, 0.717) is 24.0 Å². The summed E-state index contributed by atoms with van der Waals surface area (Å²) in [7, 11) is -3.82. The highest BCUT2D eigenvalue weighted by atomic mass is 35.5. The third-order valence-corrected chi connectivity index (χ3v) is 7.26. The van der Waals surface area contributed by atoms with E-state index < -0.39 is 34.4 Å². The molecule has 1 aromatic carbocycles. The zero-order chi connectivity index (χ0) is 21.2. The van der Waals surface area contributed by atoms with Crippen molar-refractivity contribution in [1.82, 2.24) is 9.62 Å². The van der Waals surface area contributed by atoms with Crippen molar-refractivity contribution >= 4 is 27.5 Å². The average molecular weight is 447 g/mol. The molecule has 2 heterocycles. The fourth-order valence-corrected chi connectivity index (χ4v) is 4.78. The standard InChI is InChI=1S/C19H27ClN2O6S/c1-12-6-8-22(9-7-12)17(23)10-15-18(24)19(25)16(28-15)11-21-29(26,27)14-4-2-13(20)3-5-14/h2-5,12,15-16,18-19,21,24-25H,6-11H2,1H3/t15-,16-,18+,19-/m1/s1. The molecule has 162 valence electrons. The van der Waals surface area contributed by atoms with E-state index in [1.54, 1.807) is 4.90 Å². The molecule has 10 heteroatoms. The third kappa shape index (κ3) is 5.48. The van der Waals surface area contributed by atoms with Gasteiger partial charge in [-0.2, -0.15) is 0 Å². The van der Waals surface area contributed by atoms with Gasteiger partial charge in [0.15, 0.2) is 0 Å². The van der Waals surface area contributed by atoms with Crippen LogP contribution in [0.4, 0.5) is 0 Å². The minimum atomic E-state index is -3.82. The van der Waals surface area contributed by atoms with Crippen LogP contribution in [-0.4, -0.2) is 73.5 Å².